The third-order valence-corrected chi connectivity index (χ3v) is 7.05. The smallest absolute Gasteiger partial charge is 0.307 e. The highest BCUT2D eigenvalue weighted by Crippen LogP contribution is 2.46. The Morgan fingerprint density at radius 2 is 1.91 bits per heavy atom. The molecule has 2 N–H and O–H groups in total. The number of benzene rings is 2. The minimum Gasteiger partial charge on any atom is -0.481 e. The van der Waals surface area contributed by atoms with Crippen LogP contribution in [0, 0.1) is 18.3 Å². The van der Waals surface area contributed by atoms with Gasteiger partial charge in [-0.2, -0.15) is 0 Å². The molecule has 1 saturated carbocycles. The third-order valence-electron chi connectivity index (χ3n) is 7.05. The van der Waals surface area contributed by atoms with Gasteiger partial charge in [0.15, 0.2) is 0 Å². The Kier molecular flexibility index (Phi) is 6.26. The van der Waals surface area contributed by atoms with Crippen molar-refractivity contribution in [3.63, 3.8) is 0 Å². The molecule has 1 aliphatic rings. The summed E-state index contributed by atoms with van der Waals surface area (Å²) in [4.78, 5) is 16.3. The number of carboxylic acid groups (broad SMARTS) is 1. The summed E-state index contributed by atoms with van der Waals surface area (Å²) in [5.41, 5.74) is 6.36. The molecule has 0 unspecified atom stereocenters. The van der Waals surface area contributed by atoms with E-state index in [1.807, 2.05) is 13.0 Å². The quantitative estimate of drug-likeness (QED) is 0.418. The predicted octanol–water partition coefficient (Wildman–Crippen LogP) is 7.23. The van der Waals surface area contributed by atoms with Crippen LogP contribution in [0.3, 0.4) is 0 Å². The Balaban J connectivity index is 1.81. The van der Waals surface area contributed by atoms with Gasteiger partial charge in [0.25, 0.3) is 0 Å². The first-order chi connectivity index (χ1) is 15.5. The summed E-state index contributed by atoms with van der Waals surface area (Å²) in [5, 5.41) is 12.9. The van der Waals surface area contributed by atoms with Crippen molar-refractivity contribution in [2.45, 2.75) is 79.2 Å². The molecule has 1 aromatic heterocycles. The van der Waals surface area contributed by atoms with Crippen LogP contribution in [-0.2, 0) is 11.2 Å². The molecule has 3 aromatic rings. The van der Waals surface area contributed by atoms with Crippen molar-refractivity contribution in [1.82, 2.24) is 9.55 Å². The third kappa shape index (κ3) is 5.07. The summed E-state index contributed by atoms with van der Waals surface area (Å²) in [6, 6.07) is 13.0. The van der Waals surface area contributed by atoms with Crippen molar-refractivity contribution >= 4 is 28.6 Å². The SMILES string of the molecule is Cc1cc2c(cc1CC(=O)O)nc(Nc1ccc(C(C)C)cc1)n2[C@@H]1C[C@@H](C)CC(C)(C)C1. The zero-order valence-corrected chi connectivity index (χ0v) is 20.8. The van der Waals surface area contributed by atoms with Gasteiger partial charge in [0.1, 0.15) is 0 Å². The highest BCUT2D eigenvalue weighted by atomic mass is 16.4. The number of aliphatic carboxylic acids is 1. The molecule has 2 atom stereocenters. The molecule has 5 nitrogen and oxygen atoms in total. The summed E-state index contributed by atoms with van der Waals surface area (Å²) < 4.78 is 2.38. The lowest BCUT2D eigenvalue weighted by atomic mass is 9.70. The van der Waals surface area contributed by atoms with Crippen molar-refractivity contribution < 1.29 is 9.90 Å². The number of hydrogen-bond acceptors (Lipinski definition) is 3. The molecule has 176 valence electrons. The molecule has 0 radical (unpaired) electrons. The van der Waals surface area contributed by atoms with E-state index < -0.39 is 5.97 Å². The van der Waals surface area contributed by atoms with E-state index in [1.54, 1.807) is 0 Å². The number of aryl methyl sites for hydroxylation is 1. The van der Waals surface area contributed by atoms with E-state index in [1.165, 1.54) is 12.0 Å². The van der Waals surface area contributed by atoms with Gasteiger partial charge >= 0.3 is 5.97 Å². The van der Waals surface area contributed by atoms with Crippen LogP contribution < -0.4 is 5.32 Å². The summed E-state index contributed by atoms with van der Waals surface area (Å²) in [6.07, 6.45) is 3.46. The molecular formula is C28H37N3O2. The zero-order valence-electron chi connectivity index (χ0n) is 20.8. The monoisotopic (exact) mass is 447 g/mol. The van der Waals surface area contributed by atoms with Gasteiger partial charge in [-0.05, 0) is 84.4 Å². The van der Waals surface area contributed by atoms with Crippen LogP contribution in [0.2, 0.25) is 0 Å². The molecule has 2 aromatic carbocycles. The topological polar surface area (TPSA) is 67.2 Å². The van der Waals surface area contributed by atoms with Gasteiger partial charge in [-0.1, -0.05) is 46.8 Å². The van der Waals surface area contributed by atoms with Gasteiger partial charge in [0.2, 0.25) is 5.95 Å². The van der Waals surface area contributed by atoms with Crippen LogP contribution in [0.25, 0.3) is 11.0 Å². The van der Waals surface area contributed by atoms with Gasteiger partial charge in [-0.25, -0.2) is 4.98 Å². The first-order valence-electron chi connectivity index (χ1n) is 12.1. The summed E-state index contributed by atoms with van der Waals surface area (Å²) in [6.45, 7) is 13.5. The minimum absolute atomic E-state index is 0.0154. The Morgan fingerprint density at radius 1 is 1.21 bits per heavy atom. The van der Waals surface area contributed by atoms with E-state index in [4.69, 9.17) is 4.98 Å². The van der Waals surface area contributed by atoms with Gasteiger partial charge in [0.05, 0.1) is 17.5 Å². The van der Waals surface area contributed by atoms with Crippen molar-refractivity contribution in [3.8, 4) is 0 Å². The Hall–Kier alpha value is -2.82. The standard InChI is InChI=1S/C28H37N3O2/c1-17(2)20-7-9-22(10-8-20)29-27-30-24-13-21(14-26(32)33)19(4)12-25(24)31(27)23-11-18(3)15-28(5,6)16-23/h7-10,12-13,17-18,23H,11,14-16H2,1-6H3,(H,29,30)(H,32,33)/t18-,23-/m1/s1. The normalized spacial score (nSPS) is 20.3. The molecule has 0 bridgehead atoms. The molecule has 0 aliphatic heterocycles. The van der Waals surface area contributed by atoms with Crippen LogP contribution >= 0.6 is 0 Å². The van der Waals surface area contributed by atoms with Crippen molar-refractivity contribution in [2.75, 3.05) is 5.32 Å². The molecule has 1 fully saturated rings. The van der Waals surface area contributed by atoms with E-state index in [0.717, 1.165) is 46.6 Å². The fraction of sp³-hybridized carbons (Fsp3) is 0.500. The molecule has 0 saturated heterocycles. The van der Waals surface area contributed by atoms with Crippen LogP contribution in [0.5, 0.6) is 0 Å². The summed E-state index contributed by atoms with van der Waals surface area (Å²) >= 11 is 0. The first-order valence-corrected chi connectivity index (χ1v) is 12.1. The maximum atomic E-state index is 11.4. The second-order valence-electron chi connectivity index (χ2n) is 11.1. The number of aromatic nitrogens is 2. The number of carboxylic acids is 1. The second-order valence-corrected chi connectivity index (χ2v) is 11.1. The first kappa shape index (κ1) is 23.3. The van der Waals surface area contributed by atoms with Crippen molar-refractivity contribution in [2.24, 2.45) is 11.3 Å². The van der Waals surface area contributed by atoms with Crippen LogP contribution in [0.15, 0.2) is 36.4 Å². The lowest BCUT2D eigenvalue weighted by Gasteiger charge is -2.40. The second kappa shape index (κ2) is 8.85. The average molecular weight is 448 g/mol. The van der Waals surface area contributed by atoms with E-state index in [2.05, 4.69) is 74.8 Å². The summed E-state index contributed by atoms with van der Waals surface area (Å²) in [5.74, 6) is 1.15. The van der Waals surface area contributed by atoms with E-state index in [0.29, 0.717) is 17.9 Å². The maximum absolute atomic E-state index is 11.4. The molecule has 1 aliphatic carbocycles. The van der Waals surface area contributed by atoms with Crippen LogP contribution in [0.1, 0.15) is 82.5 Å². The highest BCUT2D eigenvalue weighted by molar-refractivity contribution is 5.83. The van der Waals surface area contributed by atoms with Gasteiger partial charge in [0, 0.05) is 11.7 Å². The van der Waals surface area contributed by atoms with Gasteiger partial charge in [-0.3, -0.25) is 4.79 Å². The fourth-order valence-electron chi connectivity index (χ4n) is 5.67. The van der Waals surface area contributed by atoms with Crippen molar-refractivity contribution in [3.05, 3.63) is 53.1 Å². The van der Waals surface area contributed by atoms with Crippen LogP contribution in [0.4, 0.5) is 11.6 Å². The van der Waals surface area contributed by atoms with E-state index >= 15 is 0 Å². The fourth-order valence-corrected chi connectivity index (χ4v) is 5.67. The minimum atomic E-state index is -0.816. The Morgan fingerprint density at radius 3 is 2.52 bits per heavy atom. The molecule has 1 heterocycles. The Bertz CT molecular complexity index is 1160. The van der Waals surface area contributed by atoms with Crippen LogP contribution in [-0.4, -0.2) is 20.6 Å². The highest BCUT2D eigenvalue weighted by Gasteiger charge is 2.34. The number of fused-ring (bicyclic) bond motifs is 1. The van der Waals surface area contributed by atoms with Gasteiger partial charge < -0.3 is 15.0 Å². The Labute approximate surface area is 197 Å². The number of nitrogens with zero attached hydrogens (tertiary/aromatic N) is 2. The van der Waals surface area contributed by atoms with E-state index in [9.17, 15) is 9.90 Å². The average Bonchev–Trinajstić information content (AvgIpc) is 3.03. The molecule has 33 heavy (non-hydrogen) atoms. The summed E-state index contributed by atoms with van der Waals surface area (Å²) in [7, 11) is 0. The van der Waals surface area contributed by atoms with E-state index in [-0.39, 0.29) is 11.8 Å². The molecule has 0 spiro atoms. The molecule has 5 heteroatoms. The molecular weight excluding hydrogens is 410 g/mol. The maximum Gasteiger partial charge on any atom is 0.307 e. The molecule has 0 amide bonds. The number of hydrogen-bond donors (Lipinski definition) is 2. The number of carbonyl (C=O) groups is 1. The lowest BCUT2D eigenvalue weighted by Crippen LogP contribution is -2.29. The number of imidazole rings is 1. The number of anilines is 2. The largest absolute Gasteiger partial charge is 0.481 e. The number of nitrogens with one attached hydrogen (secondary N) is 1. The van der Waals surface area contributed by atoms with Gasteiger partial charge in [-0.15, -0.1) is 0 Å². The van der Waals surface area contributed by atoms with Crippen molar-refractivity contribution in [1.29, 1.82) is 0 Å². The zero-order chi connectivity index (χ0) is 23.9. The predicted molar refractivity (Wildman–Crippen MR) is 135 cm³/mol. The molecule has 4 rings (SSSR count). The number of rotatable bonds is 6. The lowest BCUT2D eigenvalue weighted by molar-refractivity contribution is -0.136.